The van der Waals surface area contributed by atoms with Crippen LogP contribution in [0.25, 0.3) is 0 Å². The molecule has 0 saturated heterocycles. The second-order valence-corrected chi connectivity index (χ2v) is 7.22. The van der Waals surface area contributed by atoms with Crippen molar-refractivity contribution in [1.82, 2.24) is 9.55 Å². The number of ether oxygens (including phenoxy) is 1. The summed E-state index contributed by atoms with van der Waals surface area (Å²) in [6.45, 7) is 1.85. The molecule has 124 valence electrons. The van der Waals surface area contributed by atoms with Crippen LogP contribution in [0.2, 0.25) is 0 Å². The fourth-order valence-electron chi connectivity index (χ4n) is 2.15. The fourth-order valence-corrected chi connectivity index (χ4v) is 2.97. The number of nitrogens with zero attached hydrogens (tertiary/aromatic N) is 2. The summed E-state index contributed by atoms with van der Waals surface area (Å²) in [5.74, 6) is 0.501. The lowest BCUT2D eigenvalue weighted by Gasteiger charge is -2.17. The van der Waals surface area contributed by atoms with Crippen LogP contribution in [0.3, 0.4) is 0 Å². The van der Waals surface area contributed by atoms with Crippen molar-refractivity contribution in [3.05, 3.63) is 46.5 Å². The first-order chi connectivity index (χ1) is 10.7. The van der Waals surface area contributed by atoms with Gasteiger partial charge in [-0.15, -0.1) is 0 Å². The van der Waals surface area contributed by atoms with Gasteiger partial charge in [-0.05, 0) is 24.6 Å². The van der Waals surface area contributed by atoms with Gasteiger partial charge in [0.25, 0.3) is 5.56 Å². The van der Waals surface area contributed by atoms with Crippen LogP contribution in [-0.2, 0) is 16.9 Å². The lowest BCUT2D eigenvalue weighted by atomic mass is 10.1. The van der Waals surface area contributed by atoms with Gasteiger partial charge in [0.05, 0.1) is 13.2 Å². The largest absolute Gasteiger partial charge is 0.495 e. The monoisotopic (exact) mass is 337 g/mol. The standard InChI is InChI=1S/C15H19N3O4S/c1-10(17-14-15(19)18(2)8-7-16-14)11-5-6-13(23(4,20)21)12(9-11)22-3/h5-10H,1-4H3,(H,16,17). The van der Waals surface area contributed by atoms with Crippen LogP contribution >= 0.6 is 0 Å². The summed E-state index contributed by atoms with van der Waals surface area (Å²) >= 11 is 0. The van der Waals surface area contributed by atoms with Gasteiger partial charge in [0, 0.05) is 25.7 Å². The molecule has 0 radical (unpaired) electrons. The summed E-state index contributed by atoms with van der Waals surface area (Å²) in [4.78, 5) is 16.1. The minimum Gasteiger partial charge on any atom is -0.495 e. The van der Waals surface area contributed by atoms with Gasteiger partial charge in [-0.3, -0.25) is 4.79 Å². The van der Waals surface area contributed by atoms with Crippen molar-refractivity contribution in [1.29, 1.82) is 0 Å². The number of hydrogen-bond donors (Lipinski definition) is 1. The van der Waals surface area contributed by atoms with Gasteiger partial charge in [-0.25, -0.2) is 13.4 Å². The zero-order valence-corrected chi connectivity index (χ0v) is 14.2. The normalized spacial score (nSPS) is 12.7. The molecule has 0 aliphatic carbocycles. The molecule has 1 aromatic carbocycles. The molecule has 0 aliphatic rings. The lowest BCUT2D eigenvalue weighted by Crippen LogP contribution is -2.23. The fraction of sp³-hybridized carbons (Fsp3) is 0.333. The first kappa shape index (κ1) is 17.0. The Morgan fingerprint density at radius 1 is 1.35 bits per heavy atom. The number of benzene rings is 1. The lowest BCUT2D eigenvalue weighted by molar-refractivity contribution is 0.402. The van der Waals surface area contributed by atoms with E-state index < -0.39 is 9.84 Å². The zero-order chi connectivity index (χ0) is 17.2. The molecule has 1 aromatic heterocycles. The van der Waals surface area contributed by atoms with Crippen molar-refractivity contribution < 1.29 is 13.2 Å². The van der Waals surface area contributed by atoms with E-state index in [-0.39, 0.29) is 28.1 Å². The summed E-state index contributed by atoms with van der Waals surface area (Å²) in [6, 6.07) is 4.57. The predicted molar refractivity (Wildman–Crippen MR) is 87.6 cm³/mol. The van der Waals surface area contributed by atoms with E-state index in [4.69, 9.17) is 4.74 Å². The molecule has 2 aromatic rings. The SMILES string of the molecule is COc1cc(C(C)Nc2nccn(C)c2=O)ccc1S(C)(=O)=O. The van der Waals surface area contributed by atoms with E-state index >= 15 is 0 Å². The Kier molecular flexibility index (Phi) is 4.74. The van der Waals surface area contributed by atoms with E-state index in [9.17, 15) is 13.2 Å². The van der Waals surface area contributed by atoms with Gasteiger partial charge in [0.15, 0.2) is 15.7 Å². The highest BCUT2D eigenvalue weighted by atomic mass is 32.2. The maximum absolute atomic E-state index is 12.0. The van der Waals surface area contributed by atoms with Gasteiger partial charge >= 0.3 is 0 Å². The molecule has 0 fully saturated rings. The molecule has 0 aliphatic heterocycles. The van der Waals surface area contributed by atoms with Gasteiger partial charge in [-0.1, -0.05) is 6.07 Å². The molecule has 23 heavy (non-hydrogen) atoms. The molecule has 1 N–H and O–H groups in total. The van der Waals surface area contributed by atoms with Gasteiger partial charge < -0.3 is 14.6 Å². The Balaban J connectivity index is 2.35. The third-order valence-corrected chi connectivity index (χ3v) is 4.59. The Morgan fingerprint density at radius 3 is 2.65 bits per heavy atom. The molecule has 2 rings (SSSR count). The molecule has 1 heterocycles. The van der Waals surface area contributed by atoms with E-state index in [1.165, 1.54) is 23.9 Å². The smallest absolute Gasteiger partial charge is 0.293 e. The molecule has 1 atom stereocenters. The number of methoxy groups -OCH3 is 1. The number of rotatable bonds is 5. The van der Waals surface area contributed by atoms with Crippen molar-refractivity contribution in [3.63, 3.8) is 0 Å². The molecular weight excluding hydrogens is 318 g/mol. The number of aromatic nitrogens is 2. The van der Waals surface area contributed by atoms with Gasteiger partial charge in [0.1, 0.15) is 10.6 Å². The second kappa shape index (κ2) is 6.41. The maximum atomic E-state index is 12.0. The molecule has 0 saturated carbocycles. The highest BCUT2D eigenvalue weighted by Gasteiger charge is 2.17. The molecule has 1 unspecified atom stereocenters. The van der Waals surface area contributed by atoms with Crippen molar-refractivity contribution in [3.8, 4) is 5.75 Å². The molecule has 8 heteroatoms. The third-order valence-electron chi connectivity index (χ3n) is 3.46. The van der Waals surface area contributed by atoms with E-state index in [0.717, 1.165) is 11.8 Å². The van der Waals surface area contributed by atoms with E-state index in [2.05, 4.69) is 10.3 Å². The van der Waals surface area contributed by atoms with E-state index in [1.54, 1.807) is 25.4 Å². The summed E-state index contributed by atoms with van der Waals surface area (Å²) < 4.78 is 30.0. The summed E-state index contributed by atoms with van der Waals surface area (Å²) in [5, 5.41) is 3.03. The van der Waals surface area contributed by atoms with Crippen molar-refractivity contribution in [2.45, 2.75) is 17.9 Å². The highest BCUT2D eigenvalue weighted by molar-refractivity contribution is 7.90. The van der Waals surface area contributed by atoms with Crippen LogP contribution < -0.4 is 15.6 Å². The minimum absolute atomic E-state index is 0.129. The van der Waals surface area contributed by atoms with Crippen LogP contribution in [0.4, 0.5) is 5.82 Å². The summed E-state index contributed by atoms with van der Waals surface area (Å²) in [5.41, 5.74) is 0.543. The number of anilines is 1. The zero-order valence-electron chi connectivity index (χ0n) is 13.4. The minimum atomic E-state index is -3.37. The average molecular weight is 337 g/mol. The van der Waals surface area contributed by atoms with E-state index in [1.807, 2.05) is 6.92 Å². The van der Waals surface area contributed by atoms with Crippen molar-refractivity contribution in [2.24, 2.45) is 7.05 Å². The Hall–Kier alpha value is -2.35. The first-order valence-electron chi connectivity index (χ1n) is 6.90. The van der Waals surface area contributed by atoms with Crippen LogP contribution in [-0.4, -0.2) is 31.3 Å². The quantitative estimate of drug-likeness (QED) is 0.886. The predicted octanol–water partition coefficient (Wildman–Crippen LogP) is 1.37. The van der Waals surface area contributed by atoms with Crippen LogP contribution in [0.5, 0.6) is 5.75 Å². The third kappa shape index (κ3) is 3.70. The molecule has 0 bridgehead atoms. The number of nitrogens with one attached hydrogen (secondary N) is 1. The average Bonchev–Trinajstić information content (AvgIpc) is 2.50. The van der Waals surface area contributed by atoms with Crippen molar-refractivity contribution >= 4 is 15.7 Å². The topological polar surface area (TPSA) is 90.3 Å². The highest BCUT2D eigenvalue weighted by Crippen LogP contribution is 2.28. The van der Waals surface area contributed by atoms with Crippen LogP contribution in [0, 0.1) is 0 Å². The first-order valence-corrected chi connectivity index (χ1v) is 8.79. The van der Waals surface area contributed by atoms with Gasteiger partial charge in [0.2, 0.25) is 0 Å². The Labute approximate surface area is 134 Å². The Morgan fingerprint density at radius 2 is 2.04 bits per heavy atom. The van der Waals surface area contributed by atoms with Crippen molar-refractivity contribution in [2.75, 3.05) is 18.7 Å². The maximum Gasteiger partial charge on any atom is 0.293 e. The van der Waals surface area contributed by atoms with Crippen LogP contribution in [0.15, 0.2) is 40.3 Å². The molecule has 0 spiro atoms. The summed E-state index contributed by atoms with van der Waals surface area (Å²) in [7, 11) is -0.311. The number of aryl methyl sites for hydroxylation is 1. The Bertz CT molecular complexity index is 875. The van der Waals surface area contributed by atoms with E-state index in [0.29, 0.717) is 0 Å². The molecule has 7 nitrogen and oxygen atoms in total. The van der Waals surface area contributed by atoms with Gasteiger partial charge in [-0.2, -0.15) is 0 Å². The summed E-state index contributed by atoms with van der Waals surface area (Å²) in [6.07, 6.45) is 4.23. The number of hydrogen-bond acceptors (Lipinski definition) is 6. The molecular formula is C15H19N3O4S. The number of sulfone groups is 1. The van der Waals surface area contributed by atoms with Crippen LogP contribution in [0.1, 0.15) is 18.5 Å². The second-order valence-electron chi connectivity index (χ2n) is 5.24. The molecule has 0 amide bonds.